The SMILES string of the molecule is O=C1CC(CO)CN1CCc1cc2ccccc2s1. The number of benzene rings is 1. The lowest BCUT2D eigenvalue weighted by Crippen LogP contribution is -2.27. The molecule has 3 rings (SSSR count). The second kappa shape index (κ2) is 5.31. The Morgan fingerprint density at radius 2 is 2.21 bits per heavy atom. The first kappa shape index (κ1) is 12.6. The van der Waals surface area contributed by atoms with Crippen molar-refractivity contribution in [2.24, 2.45) is 5.92 Å². The smallest absolute Gasteiger partial charge is 0.223 e. The molecular formula is C15H17NO2S. The van der Waals surface area contributed by atoms with Crippen LogP contribution in [0.1, 0.15) is 11.3 Å². The molecule has 19 heavy (non-hydrogen) atoms. The Morgan fingerprint density at radius 3 is 2.95 bits per heavy atom. The van der Waals surface area contributed by atoms with Gasteiger partial charge in [-0.2, -0.15) is 0 Å². The fourth-order valence-corrected chi connectivity index (χ4v) is 3.65. The van der Waals surface area contributed by atoms with Crippen molar-refractivity contribution in [2.75, 3.05) is 19.7 Å². The minimum atomic E-state index is 0.116. The Bertz CT molecular complexity index is 560. The van der Waals surface area contributed by atoms with Crippen LogP contribution < -0.4 is 0 Å². The zero-order valence-electron chi connectivity index (χ0n) is 10.7. The number of fused-ring (bicyclic) bond motifs is 1. The summed E-state index contributed by atoms with van der Waals surface area (Å²) < 4.78 is 1.30. The van der Waals surface area contributed by atoms with Gasteiger partial charge in [-0.05, 0) is 23.9 Å². The minimum Gasteiger partial charge on any atom is -0.396 e. The van der Waals surface area contributed by atoms with Crippen LogP contribution in [-0.2, 0) is 11.2 Å². The van der Waals surface area contributed by atoms with Gasteiger partial charge in [0, 0.05) is 41.6 Å². The molecule has 1 saturated heterocycles. The molecule has 2 aromatic rings. The molecule has 3 nitrogen and oxygen atoms in total. The number of nitrogens with zero attached hydrogens (tertiary/aromatic N) is 1. The van der Waals surface area contributed by atoms with E-state index in [2.05, 4.69) is 30.3 Å². The van der Waals surface area contributed by atoms with Gasteiger partial charge in [-0.3, -0.25) is 4.79 Å². The molecule has 100 valence electrons. The number of aliphatic hydroxyl groups excluding tert-OH is 1. The molecule has 4 heteroatoms. The number of hydrogen-bond acceptors (Lipinski definition) is 3. The van der Waals surface area contributed by atoms with Gasteiger partial charge in [0.25, 0.3) is 0 Å². The van der Waals surface area contributed by atoms with E-state index >= 15 is 0 Å². The summed E-state index contributed by atoms with van der Waals surface area (Å²) in [5.74, 6) is 0.315. The van der Waals surface area contributed by atoms with Gasteiger partial charge >= 0.3 is 0 Å². The molecular weight excluding hydrogens is 258 g/mol. The molecule has 1 unspecified atom stereocenters. The summed E-state index contributed by atoms with van der Waals surface area (Å²) in [5, 5.41) is 10.4. The largest absolute Gasteiger partial charge is 0.396 e. The number of carbonyl (C=O) groups is 1. The minimum absolute atomic E-state index is 0.116. The molecule has 1 aliphatic heterocycles. The third kappa shape index (κ3) is 2.65. The summed E-state index contributed by atoms with van der Waals surface area (Å²) in [5.41, 5.74) is 0. The molecule has 1 aliphatic rings. The second-order valence-electron chi connectivity index (χ2n) is 5.09. The highest BCUT2D eigenvalue weighted by Crippen LogP contribution is 2.26. The Labute approximate surface area is 116 Å². The average Bonchev–Trinajstić information content (AvgIpc) is 2.99. The van der Waals surface area contributed by atoms with Gasteiger partial charge in [0.2, 0.25) is 5.91 Å². The number of rotatable bonds is 4. The van der Waals surface area contributed by atoms with Crippen LogP contribution in [0.2, 0.25) is 0 Å². The topological polar surface area (TPSA) is 40.5 Å². The predicted molar refractivity (Wildman–Crippen MR) is 77.3 cm³/mol. The molecule has 0 spiro atoms. The Balaban J connectivity index is 1.64. The Kier molecular flexibility index (Phi) is 3.53. The second-order valence-corrected chi connectivity index (χ2v) is 6.26. The first-order valence-electron chi connectivity index (χ1n) is 6.62. The van der Waals surface area contributed by atoms with Crippen LogP contribution >= 0.6 is 11.3 Å². The summed E-state index contributed by atoms with van der Waals surface area (Å²) in [6.07, 6.45) is 1.41. The summed E-state index contributed by atoms with van der Waals surface area (Å²) >= 11 is 1.80. The Morgan fingerprint density at radius 1 is 1.37 bits per heavy atom. The zero-order valence-corrected chi connectivity index (χ0v) is 11.5. The molecule has 1 amide bonds. The van der Waals surface area contributed by atoms with Crippen molar-refractivity contribution in [1.82, 2.24) is 4.90 Å². The number of aliphatic hydroxyl groups is 1. The van der Waals surface area contributed by atoms with Crippen LogP contribution in [0.5, 0.6) is 0 Å². The fraction of sp³-hybridized carbons (Fsp3) is 0.400. The van der Waals surface area contributed by atoms with Gasteiger partial charge in [0.15, 0.2) is 0 Å². The molecule has 1 aromatic heterocycles. The monoisotopic (exact) mass is 275 g/mol. The van der Waals surface area contributed by atoms with E-state index in [1.807, 2.05) is 4.90 Å². The van der Waals surface area contributed by atoms with Crippen LogP contribution in [0.3, 0.4) is 0 Å². The van der Waals surface area contributed by atoms with Crippen LogP contribution in [0.25, 0.3) is 10.1 Å². The standard InChI is InChI=1S/C15H17NO2S/c17-10-11-7-15(18)16(9-11)6-5-13-8-12-3-1-2-4-14(12)19-13/h1-4,8,11,17H,5-7,9-10H2. The van der Waals surface area contributed by atoms with E-state index in [0.29, 0.717) is 13.0 Å². The molecule has 2 heterocycles. The highest BCUT2D eigenvalue weighted by Gasteiger charge is 2.28. The maximum Gasteiger partial charge on any atom is 0.223 e. The lowest BCUT2D eigenvalue weighted by Gasteiger charge is -2.15. The van der Waals surface area contributed by atoms with Crippen molar-refractivity contribution in [2.45, 2.75) is 12.8 Å². The highest BCUT2D eigenvalue weighted by molar-refractivity contribution is 7.19. The predicted octanol–water partition coefficient (Wildman–Crippen LogP) is 2.28. The van der Waals surface area contributed by atoms with Gasteiger partial charge in [-0.15, -0.1) is 11.3 Å². The lowest BCUT2D eigenvalue weighted by atomic mass is 10.1. The molecule has 1 N–H and O–H groups in total. The van der Waals surface area contributed by atoms with Crippen molar-refractivity contribution in [3.05, 3.63) is 35.2 Å². The van der Waals surface area contributed by atoms with Crippen molar-refractivity contribution < 1.29 is 9.90 Å². The van der Waals surface area contributed by atoms with Crippen LogP contribution in [0, 0.1) is 5.92 Å². The van der Waals surface area contributed by atoms with E-state index in [1.54, 1.807) is 11.3 Å². The van der Waals surface area contributed by atoms with E-state index in [-0.39, 0.29) is 18.4 Å². The molecule has 1 atom stereocenters. The normalized spacial score (nSPS) is 19.5. The fourth-order valence-electron chi connectivity index (χ4n) is 2.60. The van der Waals surface area contributed by atoms with Gasteiger partial charge in [0.1, 0.15) is 0 Å². The third-order valence-corrected chi connectivity index (χ3v) is 4.83. The maximum absolute atomic E-state index is 11.8. The lowest BCUT2D eigenvalue weighted by molar-refractivity contribution is -0.127. The molecule has 0 aliphatic carbocycles. The number of amides is 1. The first-order valence-corrected chi connectivity index (χ1v) is 7.44. The number of thiophene rings is 1. The van der Waals surface area contributed by atoms with Crippen molar-refractivity contribution in [3.8, 4) is 0 Å². The Hall–Kier alpha value is -1.39. The van der Waals surface area contributed by atoms with Gasteiger partial charge in [-0.25, -0.2) is 0 Å². The summed E-state index contributed by atoms with van der Waals surface area (Å²) in [6.45, 7) is 1.59. The quantitative estimate of drug-likeness (QED) is 0.930. The average molecular weight is 275 g/mol. The van der Waals surface area contributed by atoms with Gasteiger partial charge in [-0.1, -0.05) is 18.2 Å². The van der Waals surface area contributed by atoms with Crippen molar-refractivity contribution in [3.63, 3.8) is 0 Å². The number of hydrogen-bond donors (Lipinski definition) is 1. The summed E-state index contributed by atoms with van der Waals surface area (Å²) in [7, 11) is 0. The molecule has 1 fully saturated rings. The number of likely N-dealkylation sites (tertiary alicyclic amines) is 1. The van der Waals surface area contributed by atoms with E-state index in [4.69, 9.17) is 5.11 Å². The summed E-state index contributed by atoms with van der Waals surface area (Å²) in [6, 6.07) is 10.6. The highest BCUT2D eigenvalue weighted by atomic mass is 32.1. The molecule has 1 aromatic carbocycles. The zero-order chi connectivity index (χ0) is 13.2. The molecule has 0 bridgehead atoms. The van der Waals surface area contributed by atoms with E-state index < -0.39 is 0 Å². The van der Waals surface area contributed by atoms with Gasteiger partial charge in [0.05, 0.1) is 0 Å². The van der Waals surface area contributed by atoms with E-state index in [9.17, 15) is 4.79 Å². The van der Waals surface area contributed by atoms with Crippen molar-refractivity contribution in [1.29, 1.82) is 0 Å². The van der Waals surface area contributed by atoms with Crippen LogP contribution in [-0.4, -0.2) is 35.6 Å². The summed E-state index contributed by atoms with van der Waals surface area (Å²) in [4.78, 5) is 15.0. The van der Waals surface area contributed by atoms with Crippen LogP contribution in [0.15, 0.2) is 30.3 Å². The van der Waals surface area contributed by atoms with E-state index in [1.165, 1.54) is 15.0 Å². The molecule has 0 saturated carbocycles. The van der Waals surface area contributed by atoms with Crippen molar-refractivity contribution >= 4 is 27.3 Å². The number of carbonyl (C=O) groups excluding carboxylic acids is 1. The van der Waals surface area contributed by atoms with Gasteiger partial charge < -0.3 is 10.0 Å². The maximum atomic E-state index is 11.8. The molecule has 0 radical (unpaired) electrons. The third-order valence-electron chi connectivity index (χ3n) is 3.66. The first-order chi connectivity index (χ1) is 9.26. The van der Waals surface area contributed by atoms with Crippen LogP contribution in [0.4, 0.5) is 0 Å². The van der Waals surface area contributed by atoms with E-state index in [0.717, 1.165) is 13.0 Å².